The number of aromatic nitrogens is 4. The number of pyridine rings is 1. The molecule has 164 valence electrons. The molecule has 0 bridgehead atoms. The maximum atomic E-state index is 12.7. The van der Waals surface area contributed by atoms with Crippen LogP contribution in [0.3, 0.4) is 0 Å². The van der Waals surface area contributed by atoms with Crippen LogP contribution in [0.25, 0.3) is 20.9 Å². The zero-order valence-electron chi connectivity index (χ0n) is 17.5. The van der Waals surface area contributed by atoms with E-state index in [-0.39, 0.29) is 12.0 Å². The Kier molecular flexibility index (Phi) is 5.42. The molecule has 3 aromatic heterocycles. The van der Waals surface area contributed by atoms with E-state index in [1.54, 1.807) is 41.6 Å². The van der Waals surface area contributed by atoms with Gasteiger partial charge in [0.2, 0.25) is 5.95 Å². The molecule has 0 radical (unpaired) electrons. The Morgan fingerprint density at radius 3 is 2.58 bits per heavy atom. The monoisotopic (exact) mass is 457 g/mol. The molecule has 10 nitrogen and oxygen atoms in total. The third-order valence-electron chi connectivity index (χ3n) is 5.30. The molecule has 1 fully saturated rings. The van der Waals surface area contributed by atoms with Crippen LogP contribution < -0.4 is 16.0 Å². The number of nitriles is 1. The van der Waals surface area contributed by atoms with Gasteiger partial charge in [0.1, 0.15) is 10.5 Å². The fourth-order valence-electron chi connectivity index (χ4n) is 3.61. The molecule has 1 aromatic carbocycles. The predicted octanol–water partition coefficient (Wildman–Crippen LogP) is 2.96. The highest BCUT2D eigenvalue weighted by Crippen LogP contribution is 2.33. The highest BCUT2D eigenvalue weighted by molar-refractivity contribution is 7.21. The minimum Gasteiger partial charge on any atom is -0.368 e. The second-order valence-electron chi connectivity index (χ2n) is 7.41. The van der Waals surface area contributed by atoms with E-state index < -0.39 is 0 Å². The summed E-state index contributed by atoms with van der Waals surface area (Å²) in [4.78, 5) is 35.0. The van der Waals surface area contributed by atoms with E-state index in [9.17, 15) is 4.79 Å². The summed E-state index contributed by atoms with van der Waals surface area (Å²) in [5, 5.41) is 12.6. The number of nitrogens with zero attached hydrogens (tertiary/aromatic N) is 7. The number of rotatable bonds is 3. The Hall–Kier alpha value is -4.30. The average Bonchev–Trinajstić information content (AvgIpc) is 3.28. The Labute approximate surface area is 193 Å². The third kappa shape index (κ3) is 4.24. The van der Waals surface area contributed by atoms with Crippen LogP contribution in [0.15, 0.2) is 48.8 Å². The first-order valence-corrected chi connectivity index (χ1v) is 11.1. The van der Waals surface area contributed by atoms with Crippen molar-refractivity contribution in [2.75, 3.05) is 42.1 Å². The van der Waals surface area contributed by atoms with Crippen molar-refractivity contribution in [1.82, 2.24) is 24.8 Å². The summed E-state index contributed by atoms with van der Waals surface area (Å²) in [5.74, 6) is 0.871. The van der Waals surface area contributed by atoms with E-state index in [1.807, 2.05) is 12.1 Å². The van der Waals surface area contributed by atoms with Gasteiger partial charge in [0, 0.05) is 49.8 Å². The lowest BCUT2D eigenvalue weighted by atomic mass is 10.2. The molecule has 33 heavy (non-hydrogen) atoms. The summed E-state index contributed by atoms with van der Waals surface area (Å²) in [5.41, 5.74) is 8.79. The number of carbonyl (C=O) groups excluding carboxylic acids is 1. The van der Waals surface area contributed by atoms with Gasteiger partial charge in [-0.1, -0.05) is 11.3 Å². The van der Waals surface area contributed by atoms with Gasteiger partial charge in [-0.2, -0.15) is 10.2 Å². The molecule has 3 N–H and O–H groups in total. The largest absolute Gasteiger partial charge is 0.368 e. The maximum Gasteiger partial charge on any atom is 0.321 e. The van der Waals surface area contributed by atoms with Gasteiger partial charge in [-0.3, -0.25) is 4.98 Å². The number of thiazole rings is 1. The first-order valence-electron chi connectivity index (χ1n) is 10.3. The summed E-state index contributed by atoms with van der Waals surface area (Å²) in [6.07, 6.45) is 3.48. The quantitative estimate of drug-likeness (QED) is 0.479. The van der Waals surface area contributed by atoms with E-state index >= 15 is 0 Å². The molecule has 2 amide bonds. The van der Waals surface area contributed by atoms with Crippen LogP contribution in [0.5, 0.6) is 0 Å². The number of benzene rings is 1. The molecule has 11 heteroatoms. The summed E-state index contributed by atoms with van der Waals surface area (Å²) in [6, 6.07) is 12.5. The highest BCUT2D eigenvalue weighted by atomic mass is 32.1. The van der Waals surface area contributed by atoms with Gasteiger partial charge in [-0.05, 0) is 36.4 Å². The lowest BCUT2D eigenvalue weighted by Crippen LogP contribution is -2.50. The van der Waals surface area contributed by atoms with E-state index in [4.69, 9.17) is 16.0 Å². The molecule has 0 saturated carbocycles. The molecule has 1 aliphatic heterocycles. The Bertz CT molecular complexity index is 1340. The first kappa shape index (κ1) is 20.6. The van der Waals surface area contributed by atoms with Crippen molar-refractivity contribution < 1.29 is 4.79 Å². The number of nitrogens with two attached hydrogens (primary N) is 1. The summed E-state index contributed by atoms with van der Waals surface area (Å²) < 4.78 is 0. The second kappa shape index (κ2) is 8.68. The SMILES string of the molecule is N#Cc1ccc(NC(=O)N2CCN(c3nc(N)nc4sc(-c5cccnc5)nc34)CC2)cc1. The normalized spacial score (nSPS) is 13.7. The van der Waals surface area contributed by atoms with Crippen molar-refractivity contribution in [3.63, 3.8) is 0 Å². The number of hydrogen-bond acceptors (Lipinski definition) is 9. The maximum absolute atomic E-state index is 12.7. The molecule has 4 aromatic rings. The van der Waals surface area contributed by atoms with E-state index in [1.165, 1.54) is 11.3 Å². The second-order valence-corrected chi connectivity index (χ2v) is 8.39. The summed E-state index contributed by atoms with van der Waals surface area (Å²) in [6.45, 7) is 2.22. The van der Waals surface area contributed by atoms with Gasteiger partial charge in [0.05, 0.1) is 11.6 Å². The number of hydrogen-bond donors (Lipinski definition) is 2. The number of anilines is 3. The number of fused-ring (bicyclic) bond motifs is 1. The minimum atomic E-state index is -0.181. The average molecular weight is 458 g/mol. The zero-order chi connectivity index (χ0) is 22.8. The van der Waals surface area contributed by atoms with Crippen molar-refractivity contribution >= 4 is 45.2 Å². The summed E-state index contributed by atoms with van der Waals surface area (Å²) >= 11 is 1.45. The van der Waals surface area contributed by atoms with Crippen LogP contribution in [0.4, 0.5) is 22.2 Å². The lowest BCUT2D eigenvalue weighted by molar-refractivity contribution is 0.208. The predicted molar refractivity (Wildman–Crippen MR) is 127 cm³/mol. The molecule has 1 aliphatic rings. The molecular formula is C22H19N9OS. The Balaban J connectivity index is 1.31. The van der Waals surface area contributed by atoms with Crippen molar-refractivity contribution in [2.24, 2.45) is 0 Å². The van der Waals surface area contributed by atoms with Gasteiger partial charge in [0.15, 0.2) is 10.6 Å². The molecule has 1 saturated heterocycles. The first-order chi connectivity index (χ1) is 16.1. The topological polar surface area (TPSA) is 137 Å². The van der Waals surface area contributed by atoms with Gasteiger partial charge in [0.25, 0.3) is 0 Å². The molecule has 0 spiro atoms. The Morgan fingerprint density at radius 1 is 1.09 bits per heavy atom. The van der Waals surface area contributed by atoms with Gasteiger partial charge >= 0.3 is 6.03 Å². The fraction of sp³-hybridized carbons (Fsp3) is 0.182. The number of urea groups is 1. The van der Waals surface area contributed by atoms with Crippen LogP contribution in [0, 0.1) is 11.3 Å². The van der Waals surface area contributed by atoms with Crippen molar-refractivity contribution in [3.05, 3.63) is 54.4 Å². The fourth-order valence-corrected chi connectivity index (χ4v) is 4.54. The van der Waals surface area contributed by atoms with Crippen LogP contribution in [0.1, 0.15) is 5.56 Å². The van der Waals surface area contributed by atoms with Crippen LogP contribution in [0.2, 0.25) is 0 Å². The number of carbonyl (C=O) groups is 1. The Morgan fingerprint density at radius 2 is 1.88 bits per heavy atom. The molecule has 4 heterocycles. The summed E-state index contributed by atoms with van der Waals surface area (Å²) in [7, 11) is 0. The minimum absolute atomic E-state index is 0.181. The van der Waals surface area contributed by atoms with Crippen LogP contribution in [-0.4, -0.2) is 57.0 Å². The standard InChI is InChI=1S/C22H19N9OS/c23-12-14-3-5-16(6-4-14)26-22(32)31-10-8-30(9-11-31)18-17-20(29-21(24)28-18)33-19(27-17)15-2-1-7-25-13-15/h1-7,13H,8-11H2,(H,26,32)(H2,24,28,29). The molecular weight excluding hydrogens is 438 g/mol. The van der Waals surface area contributed by atoms with Crippen molar-refractivity contribution in [3.8, 4) is 16.6 Å². The number of amides is 2. The smallest absolute Gasteiger partial charge is 0.321 e. The zero-order valence-corrected chi connectivity index (χ0v) is 18.3. The third-order valence-corrected chi connectivity index (χ3v) is 6.30. The van der Waals surface area contributed by atoms with Crippen molar-refractivity contribution in [2.45, 2.75) is 0 Å². The number of nitrogens with one attached hydrogen (secondary N) is 1. The highest BCUT2D eigenvalue weighted by Gasteiger charge is 2.25. The van der Waals surface area contributed by atoms with E-state index in [0.717, 1.165) is 15.4 Å². The van der Waals surface area contributed by atoms with Crippen LogP contribution in [-0.2, 0) is 0 Å². The van der Waals surface area contributed by atoms with Crippen LogP contribution >= 0.6 is 11.3 Å². The van der Waals surface area contributed by atoms with Crippen molar-refractivity contribution in [1.29, 1.82) is 5.26 Å². The number of piperazine rings is 1. The van der Waals surface area contributed by atoms with E-state index in [2.05, 4.69) is 31.2 Å². The molecule has 0 unspecified atom stereocenters. The van der Waals surface area contributed by atoms with Gasteiger partial charge in [-0.15, -0.1) is 0 Å². The number of nitrogen functional groups attached to an aromatic ring is 1. The molecule has 5 rings (SSSR count). The molecule has 0 aliphatic carbocycles. The van der Waals surface area contributed by atoms with E-state index in [0.29, 0.717) is 48.8 Å². The lowest BCUT2D eigenvalue weighted by Gasteiger charge is -2.35. The van der Waals surface area contributed by atoms with Gasteiger partial charge in [-0.25, -0.2) is 14.8 Å². The van der Waals surface area contributed by atoms with Gasteiger partial charge < -0.3 is 20.9 Å². The molecule has 0 atom stereocenters.